The van der Waals surface area contributed by atoms with Crippen molar-refractivity contribution in [3.8, 4) is 0 Å². The van der Waals surface area contributed by atoms with E-state index in [1.165, 1.54) is 44.9 Å². The first-order valence-electron chi connectivity index (χ1n) is 10.5. The highest BCUT2D eigenvalue weighted by Crippen LogP contribution is 2.26. The van der Waals surface area contributed by atoms with Crippen molar-refractivity contribution in [2.75, 3.05) is 0 Å². The quantitative estimate of drug-likeness (QED) is 0.222. The van der Waals surface area contributed by atoms with Gasteiger partial charge < -0.3 is 13.3 Å². The highest BCUT2D eigenvalue weighted by atomic mass is 28.5. The molecule has 0 aromatic heterocycles. The van der Waals surface area contributed by atoms with Gasteiger partial charge in [0, 0.05) is 6.42 Å². The molecule has 0 aliphatic rings. The lowest BCUT2D eigenvalue weighted by molar-refractivity contribution is -0.137. The van der Waals surface area contributed by atoms with Gasteiger partial charge in [0.2, 0.25) is 0 Å². The summed E-state index contributed by atoms with van der Waals surface area (Å²) in [6, 6.07) is 1.12. The van der Waals surface area contributed by atoms with Gasteiger partial charge in [-0.2, -0.15) is 0 Å². The van der Waals surface area contributed by atoms with Crippen LogP contribution in [0.2, 0.25) is 51.9 Å². The Labute approximate surface area is 165 Å². The van der Waals surface area contributed by atoms with Gasteiger partial charge in [0.1, 0.15) is 0 Å². The lowest BCUT2D eigenvalue weighted by Crippen LogP contribution is -2.52. The van der Waals surface area contributed by atoms with E-state index < -0.39 is 31.2 Å². The zero-order chi connectivity index (χ0) is 20.3. The monoisotopic (exact) mass is 420 g/mol. The van der Waals surface area contributed by atoms with Crippen LogP contribution in [0.3, 0.4) is 0 Å². The normalized spacial score (nSPS) is 13.2. The highest BCUT2D eigenvalue weighted by Gasteiger charge is 2.39. The Bertz CT molecular complexity index is 373. The predicted octanol–water partition coefficient (Wildman–Crippen LogP) is 6.75. The molecule has 0 atom stereocenters. The van der Waals surface area contributed by atoms with Gasteiger partial charge in [0.05, 0.1) is 0 Å². The Morgan fingerprint density at radius 3 is 1.35 bits per heavy atom. The van der Waals surface area contributed by atoms with Gasteiger partial charge in [-0.15, -0.1) is 0 Å². The van der Waals surface area contributed by atoms with E-state index in [-0.39, 0.29) is 0 Å². The average Bonchev–Trinajstić information content (AvgIpc) is 2.40. The molecule has 0 bridgehead atoms. The summed E-state index contributed by atoms with van der Waals surface area (Å²) in [6.45, 7) is 15.9. The molecule has 0 aliphatic heterocycles. The number of hydrogen-bond acceptors (Lipinski definition) is 3. The largest absolute Gasteiger partial charge is 0.481 e. The van der Waals surface area contributed by atoms with E-state index in [9.17, 15) is 4.79 Å². The summed E-state index contributed by atoms with van der Waals surface area (Å²) < 4.78 is 13.1. The Hall–Kier alpha value is 0.0406. The molecule has 0 saturated carbocycles. The van der Waals surface area contributed by atoms with Crippen molar-refractivity contribution in [2.24, 2.45) is 0 Å². The van der Waals surface area contributed by atoms with Crippen LogP contribution in [0, 0.1) is 0 Å². The van der Waals surface area contributed by atoms with E-state index in [4.69, 9.17) is 13.3 Å². The molecule has 0 aliphatic carbocycles. The zero-order valence-electron chi connectivity index (χ0n) is 18.5. The molecule has 0 spiro atoms. The molecule has 156 valence electrons. The van der Waals surface area contributed by atoms with E-state index in [0.29, 0.717) is 6.42 Å². The average molecular weight is 421 g/mol. The lowest BCUT2D eigenvalue weighted by atomic mass is 10.1. The molecule has 0 saturated heterocycles. The summed E-state index contributed by atoms with van der Waals surface area (Å²) in [4.78, 5) is 10.4. The van der Waals surface area contributed by atoms with Crippen LogP contribution < -0.4 is 0 Å². The fourth-order valence-corrected chi connectivity index (χ4v) is 16.0. The highest BCUT2D eigenvalue weighted by molar-refractivity contribution is 6.87. The van der Waals surface area contributed by atoms with Crippen LogP contribution in [0.5, 0.6) is 0 Å². The van der Waals surface area contributed by atoms with Crippen molar-refractivity contribution >= 4 is 31.2 Å². The minimum Gasteiger partial charge on any atom is -0.481 e. The van der Waals surface area contributed by atoms with Gasteiger partial charge in [-0.05, 0) is 58.3 Å². The molecule has 26 heavy (non-hydrogen) atoms. The van der Waals surface area contributed by atoms with E-state index in [0.717, 1.165) is 18.9 Å². The molecule has 0 aromatic carbocycles. The summed E-state index contributed by atoms with van der Waals surface area (Å²) in [5.41, 5.74) is 0. The first-order valence-corrected chi connectivity index (χ1v) is 19.8. The Morgan fingerprint density at radius 2 is 1.00 bits per heavy atom. The molecule has 0 heterocycles. The molecule has 0 fully saturated rings. The number of unbranched alkanes of at least 4 members (excludes halogenated alkanes) is 8. The third kappa shape index (κ3) is 17.5. The number of aliphatic carboxylic acids is 1. The molecule has 0 rings (SSSR count). The van der Waals surface area contributed by atoms with Gasteiger partial charge in [-0.3, -0.25) is 4.79 Å². The van der Waals surface area contributed by atoms with Crippen molar-refractivity contribution in [3.05, 3.63) is 0 Å². The van der Waals surface area contributed by atoms with Crippen LogP contribution in [-0.2, 0) is 13.0 Å². The minimum atomic E-state index is -2.04. The molecule has 1 N–H and O–H groups in total. The van der Waals surface area contributed by atoms with Crippen LogP contribution >= 0.6 is 0 Å². The maximum absolute atomic E-state index is 10.4. The fourth-order valence-electron chi connectivity index (χ4n) is 3.38. The van der Waals surface area contributed by atoms with Crippen LogP contribution in [0.15, 0.2) is 0 Å². The van der Waals surface area contributed by atoms with Gasteiger partial charge in [-0.1, -0.05) is 51.4 Å². The van der Waals surface area contributed by atoms with Crippen molar-refractivity contribution < 1.29 is 18.1 Å². The second-order valence-corrected chi connectivity index (χ2v) is 22.5. The Kier molecular flexibility index (Phi) is 12.5. The number of rotatable bonds is 16. The molecule has 4 nitrogen and oxygen atoms in total. The fraction of sp³-hybridized carbons (Fsp3) is 0.947. The summed E-state index contributed by atoms with van der Waals surface area (Å²) >= 11 is 0. The summed E-state index contributed by atoms with van der Waals surface area (Å²) in [5.74, 6) is -0.670. The van der Waals surface area contributed by atoms with Crippen molar-refractivity contribution in [1.82, 2.24) is 0 Å². The number of carboxylic acids is 1. The van der Waals surface area contributed by atoms with Gasteiger partial charge in [-0.25, -0.2) is 0 Å². The molecular weight excluding hydrogens is 376 g/mol. The number of hydrogen-bond donors (Lipinski definition) is 1. The topological polar surface area (TPSA) is 55.8 Å². The third-order valence-corrected chi connectivity index (χ3v) is 13.7. The summed E-state index contributed by atoms with van der Waals surface area (Å²) in [5, 5.41) is 8.61. The molecule has 7 heteroatoms. The zero-order valence-corrected chi connectivity index (χ0v) is 21.5. The Balaban J connectivity index is 3.90. The van der Waals surface area contributed by atoms with Crippen LogP contribution in [0.4, 0.5) is 0 Å². The summed E-state index contributed by atoms with van der Waals surface area (Å²) in [7, 11) is -5.19. The van der Waals surface area contributed by atoms with Gasteiger partial charge in [0.25, 0.3) is 0 Å². The summed E-state index contributed by atoms with van der Waals surface area (Å²) in [6.07, 6.45) is 11.0. The first-order chi connectivity index (χ1) is 11.8. The maximum Gasteiger partial charge on any atom is 0.314 e. The lowest BCUT2D eigenvalue weighted by Gasteiger charge is -2.38. The SMILES string of the molecule is C[Si](C)(C)O[Si](C)(CCCCCCCCCCCC(=O)O)O[Si](C)(C)C. The van der Waals surface area contributed by atoms with Crippen LogP contribution in [-0.4, -0.2) is 36.3 Å². The molecule has 0 unspecified atom stereocenters. The van der Waals surface area contributed by atoms with E-state index in [1.54, 1.807) is 0 Å². The van der Waals surface area contributed by atoms with E-state index in [2.05, 4.69) is 45.8 Å². The second-order valence-electron chi connectivity index (χ2n) is 9.64. The standard InChI is InChI=1S/C19H44O4Si3/c1-24(2,3)22-26(7,23-25(4,5)6)18-16-14-12-10-8-9-11-13-15-17-19(20)21/h8-18H2,1-7H3,(H,20,21). The third-order valence-electron chi connectivity index (χ3n) is 4.07. The van der Waals surface area contributed by atoms with E-state index in [1.807, 2.05) is 0 Å². The number of carboxylic acid groups (broad SMARTS) is 1. The molecular formula is C19H44O4Si3. The van der Waals surface area contributed by atoms with Crippen molar-refractivity contribution in [2.45, 2.75) is 116 Å². The first kappa shape index (κ1) is 26.0. The van der Waals surface area contributed by atoms with Gasteiger partial charge >= 0.3 is 14.5 Å². The van der Waals surface area contributed by atoms with Crippen LogP contribution in [0.1, 0.15) is 64.2 Å². The number of carbonyl (C=O) groups is 1. The van der Waals surface area contributed by atoms with Crippen molar-refractivity contribution in [3.63, 3.8) is 0 Å². The second kappa shape index (κ2) is 12.5. The maximum atomic E-state index is 10.4. The van der Waals surface area contributed by atoms with Crippen molar-refractivity contribution in [1.29, 1.82) is 0 Å². The molecule has 0 aromatic rings. The minimum absolute atomic E-state index is 0.321. The van der Waals surface area contributed by atoms with E-state index >= 15 is 0 Å². The molecule has 0 radical (unpaired) electrons. The predicted molar refractivity (Wildman–Crippen MR) is 119 cm³/mol. The molecule has 0 amide bonds. The van der Waals surface area contributed by atoms with Crippen LogP contribution in [0.25, 0.3) is 0 Å². The smallest absolute Gasteiger partial charge is 0.314 e. The Morgan fingerprint density at radius 1 is 0.654 bits per heavy atom. The van der Waals surface area contributed by atoms with Gasteiger partial charge in [0.15, 0.2) is 16.6 Å².